The molecule has 1 N–H and O–H groups in total. The second kappa shape index (κ2) is 8.07. The molecule has 1 atom stereocenters. The van der Waals surface area contributed by atoms with Gasteiger partial charge in [0.15, 0.2) is 0 Å². The van der Waals surface area contributed by atoms with E-state index in [1.807, 2.05) is 13.0 Å². The van der Waals surface area contributed by atoms with Crippen LogP contribution < -0.4 is 10.2 Å². The number of amides is 4. The lowest BCUT2D eigenvalue weighted by Gasteiger charge is -2.48. The van der Waals surface area contributed by atoms with Crippen molar-refractivity contribution in [2.75, 3.05) is 30.4 Å². The number of nitrogens with zero attached hydrogens (tertiary/aromatic N) is 4. The van der Waals surface area contributed by atoms with E-state index in [-0.39, 0.29) is 24.9 Å². The number of hydrogen-bond acceptors (Lipinski definition) is 5. The van der Waals surface area contributed by atoms with Crippen LogP contribution in [-0.2, 0) is 14.4 Å². The summed E-state index contributed by atoms with van der Waals surface area (Å²) in [5.74, 6) is -0.762. The summed E-state index contributed by atoms with van der Waals surface area (Å²) in [6.45, 7) is 3.26. The van der Waals surface area contributed by atoms with Crippen LogP contribution in [0.4, 0.5) is 11.5 Å². The number of anilines is 2. The van der Waals surface area contributed by atoms with E-state index >= 15 is 0 Å². The number of pyridine rings is 1. The summed E-state index contributed by atoms with van der Waals surface area (Å²) in [5.41, 5.74) is 0.989. The molecule has 9 nitrogen and oxygen atoms in total. The first-order valence-corrected chi connectivity index (χ1v) is 10.4. The Morgan fingerprint density at radius 2 is 1.97 bits per heavy atom. The third-order valence-corrected chi connectivity index (χ3v) is 6.03. The summed E-state index contributed by atoms with van der Waals surface area (Å²) in [6.07, 6.45) is 2.32. The second-order valence-corrected chi connectivity index (χ2v) is 8.37. The minimum atomic E-state index is -0.924. The van der Waals surface area contributed by atoms with E-state index in [0.29, 0.717) is 29.9 Å². The van der Waals surface area contributed by atoms with Gasteiger partial charge in [-0.25, -0.2) is 4.98 Å². The molecule has 2 aromatic rings. The van der Waals surface area contributed by atoms with Gasteiger partial charge >= 0.3 is 0 Å². The van der Waals surface area contributed by atoms with Crippen molar-refractivity contribution in [2.24, 2.45) is 0 Å². The zero-order chi connectivity index (χ0) is 23.0. The third kappa shape index (κ3) is 3.70. The van der Waals surface area contributed by atoms with Crippen molar-refractivity contribution in [1.82, 2.24) is 14.8 Å². The minimum Gasteiger partial charge on any atom is -0.335 e. The maximum absolute atomic E-state index is 13.3. The van der Waals surface area contributed by atoms with E-state index in [1.54, 1.807) is 48.4 Å². The minimum absolute atomic E-state index is 0.0803. The molecule has 0 spiro atoms. The SMILES string of the molecule is Cc1ccnc(NC(=O)CN(C)C(=O)CN2C(=O)c3ccccc3N3C(=O)CCC23C)c1. The van der Waals surface area contributed by atoms with Crippen LogP contribution in [0, 0.1) is 6.92 Å². The summed E-state index contributed by atoms with van der Waals surface area (Å²) < 4.78 is 0. The number of likely N-dealkylation sites (N-methyl/N-ethyl adjacent to an activating group) is 1. The predicted molar refractivity (Wildman–Crippen MR) is 118 cm³/mol. The summed E-state index contributed by atoms with van der Waals surface area (Å²) >= 11 is 0. The van der Waals surface area contributed by atoms with Gasteiger partial charge in [0.05, 0.1) is 17.8 Å². The lowest BCUT2D eigenvalue weighted by atomic mass is 9.98. The second-order valence-electron chi connectivity index (χ2n) is 8.37. The Balaban J connectivity index is 1.49. The molecule has 0 saturated carbocycles. The molecular weight excluding hydrogens is 410 g/mol. The number of aryl methyl sites for hydroxylation is 1. The van der Waals surface area contributed by atoms with Gasteiger partial charge in [0.2, 0.25) is 17.7 Å². The number of rotatable bonds is 5. The third-order valence-electron chi connectivity index (χ3n) is 6.03. The van der Waals surface area contributed by atoms with Gasteiger partial charge in [-0.1, -0.05) is 12.1 Å². The highest BCUT2D eigenvalue weighted by atomic mass is 16.2. The van der Waals surface area contributed by atoms with Crippen molar-refractivity contribution in [3.05, 3.63) is 53.7 Å². The molecule has 0 aliphatic carbocycles. The van der Waals surface area contributed by atoms with E-state index in [4.69, 9.17) is 0 Å². The number of para-hydroxylation sites is 1. The standard InChI is InChI=1S/C23H25N5O4/c1-15-9-11-24-18(12-15)25-19(29)13-26(3)21(31)14-27-22(32)16-6-4-5-7-17(16)28-20(30)8-10-23(27,28)2/h4-7,9,11-12H,8,10,13-14H2,1-3H3,(H,24,25,29). The summed E-state index contributed by atoms with van der Waals surface area (Å²) in [6, 6.07) is 10.5. The molecule has 9 heteroatoms. The fourth-order valence-corrected chi connectivity index (χ4v) is 4.29. The average molecular weight is 435 g/mol. The summed E-state index contributed by atoms with van der Waals surface area (Å²) in [7, 11) is 1.51. The monoisotopic (exact) mass is 435 g/mol. The van der Waals surface area contributed by atoms with Gasteiger partial charge in [-0.15, -0.1) is 0 Å². The first kappa shape index (κ1) is 21.5. The van der Waals surface area contributed by atoms with E-state index in [1.165, 1.54) is 16.8 Å². The number of carbonyl (C=O) groups excluding carboxylic acids is 4. The molecule has 3 heterocycles. The molecule has 4 amide bonds. The highest BCUT2D eigenvalue weighted by Crippen LogP contribution is 2.43. The molecule has 1 aromatic carbocycles. The van der Waals surface area contributed by atoms with Gasteiger partial charge in [-0.05, 0) is 50.1 Å². The predicted octanol–water partition coefficient (Wildman–Crippen LogP) is 1.79. The van der Waals surface area contributed by atoms with Crippen LogP contribution in [0.3, 0.4) is 0 Å². The summed E-state index contributed by atoms with van der Waals surface area (Å²) in [4.78, 5) is 59.6. The van der Waals surface area contributed by atoms with Crippen molar-refractivity contribution in [3.8, 4) is 0 Å². The largest absolute Gasteiger partial charge is 0.335 e. The van der Waals surface area contributed by atoms with Crippen molar-refractivity contribution < 1.29 is 19.2 Å². The highest BCUT2D eigenvalue weighted by molar-refractivity contribution is 6.11. The molecule has 166 valence electrons. The maximum atomic E-state index is 13.3. The van der Waals surface area contributed by atoms with Gasteiger partial charge in [0, 0.05) is 19.7 Å². The number of fused-ring (bicyclic) bond motifs is 3. The Morgan fingerprint density at radius 1 is 1.22 bits per heavy atom. The quantitative estimate of drug-likeness (QED) is 0.771. The van der Waals surface area contributed by atoms with Crippen LogP contribution in [0.1, 0.15) is 35.7 Å². The van der Waals surface area contributed by atoms with Crippen molar-refractivity contribution >= 4 is 35.1 Å². The van der Waals surface area contributed by atoms with E-state index in [9.17, 15) is 19.2 Å². The van der Waals surface area contributed by atoms with Crippen molar-refractivity contribution in [1.29, 1.82) is 0 Å². The Labute approximate surface area is 186 Å². The van der Waals surface area contributed by atoms with Crippen LogP contribution >= 0.6 is 0 Å². The average Bonchev–Trinajstić information content (AvgIpc) is 3.06. The molecule has 2 aliphatic heterocycles. The van der Waals surface area contributed by atoms with Crippen LogP contribution in [0.15, 0.2) is 42.6 Å². The topological polar surface area (TPSA) is 103 Å². The smallest absolute Gasteiger partial charge is 0.258 e. The van der Waals surface area contributed by atoms with Crippen LogP contribution in [0.5, 0.6) is 0 Å². The number of hydrogen-bond donors (Lipinski definition) is 1. The number of carbonyl (C=O) groups is 4. The Kier molecular flexibility index (Phi) is 5.41. The van der Waals surface area contributed by atoms with E-state index in [0.717, 1.165) is 5.56 Å². The van der Waals surface area contributed by atoms with E-state index < -0.39 is 17.5 Å². The Bertz CT molecular complexity index is 1120. The van der Waals surface area contributed by atoms with Crippen LogP contribution in [-0.4, -0.2) is 64.2 Å². The van der Waals surface area contributed by atoms with Gasteiger partial charge in [0.1, 0.15) is 18.0 Å². The lowest BCUT2D eigenvalue weighted by molar-refractivity contribution is -0.135. The Morgan fingerprint density at radius 3 is 2.72 bits per heavy atom. The van der Waals surface area contributed by atoms with Crippen molar-refractivity contribution in [3.63, 3.8) is 0 Å². The zero-order valence-corrected chi connectivity index (χ0v) is 18.3. The fraction of sp³-hybridized carbons (Fsp3) is 0.348. The molecule has 32 heavy (non-hydrogen) atoms. The molecule has 0 radical (unpaired) electrons. The van der Waals surface area contributed by atoms with Gasteiger partial charge in [-0.3, -0.25) is 24.1 Å². The fourth-order valence-electron chi connectivity index (χ4n) is 4.29. The Hall–Kier alpha value is -3.75. The molecule has 0 bridgehead atoms. The lowest BCUT2D eigenvalue weighted by Crippen LogP contribution is -2.64. The van der Waals surface area contributed by atoms with Gasteiger partial charge in [0.25, 0.3) is 5.91 Å². The highest BCUT2D eigenvalue weighted by Gasteiger charge is 2.53. The first-order chi connectivity index (χ1) is 15.2. The van der Waals surface area contributed by atoms with Crippen LogP contribution in [0.2, 0.25) is 0 Å². The molecule has 1 saturated heterocycles. The van der Waals surface area contributed by atoms with E-state index in [2.05, 4.69) is 10.3 Å². The number of nitrogens with one attached hydrogen (secondary N) is 1. The normalized spacial score (nSPS) is 19.5. The van der Waals surface area contributed by atoms with Gasteiger partial charge in [-0.2, -0.15) is 0 Å². The molecule has 1 fully saturated rings. The number of aromatic nitrogens is 1. The molecule has 1 unspecified atom stereocenters. The molecule has 2 aliphatic rings. The first-order valence-electron chi connectivity index (χ1n) is 10.4. The molecule has 4 rings (SSSR count). The molecular formula is C23H25N5O4. The zero-order valence-electron chi connectivity index (χ0n) is 18.3. The van der Waals surface area contributed by atoms with Gasteiger partial charge < -0.3 is 15.1 Å². The maximum Gasteiger partial charge on any atom is 0.258 e. The summed E-state index contributed by atoms with van der Waals surface area (Å²) in [5, 5.41) is 2.67. The van der Waals surface area contributed by atoms with Crippen molar-refractivity contribution in [2.45, 2.75) is 32.4 Å². The number of benzene rings is 1. The molecule has 1 aromatic heterocycles. The van der Waals surface area contributed by atoms with Crippen LogP contribution in [0.25, 0.3) is 0 Å².